The molecule has 0 spiro atoms. The molecule has 0 unspecified atom stereocenters. The molecule has 39 heavy (non-hydrogen) atoms. The molecule has 0 aliphatic carbocycles. The molecule has 4 aromatic rings. The van der Waals surface area contributed by atoms with E-state index in [1.807, 2.05) is 48.0 Å². The highest BCUT2D eigenvalue weighted by Crippen LogP contribution is 2.35. The van der Waals surface area contributed by atoms with E-state index in [0.717, 1.165) is 36.3 Å². The van der Waals surface area contributed by atoms with Gasteiger partial charge in [-0.1, -0.05) is 42.0 Å². The molecule has 2 heterocycles. The Hall–Kier alpha value is -3.12. The topological polar surface area (TPSA) is 85.2 Å². The molecule has 11 heteroatoms. The monoisotopic (exact) mass is 616 g/mol. The summed E-state index contributed by atoms with van der Waals surface area (Å²) in [5, 5.41) is 11.7. The van der Waals surface area contributed by atoms with Gasteiger partial charge in [0, 0.05) is 24.7 Å². The molecule has 1 aliphatic heterocycles. The van der Waals surface area contributed by atoms with Crippen molar-refractivity contribution >= 4 is 26.0 Å². The summed E-state index contributed by atoms with van der Waals surface area (Å²) in [6, 6.07) is 18.5. The summed E-state index contributed by atoms with van der Waals surface area (Å²) in [5.41, 5.74) is 3.65. The van der Waals surface area contributed by atoms with E-state index >= 15 is 0 Å². The molecule has 1 aliphatic rings. The average Bonchev–Trinajstić information content (AvgIpc) is 3.59. The summed E-state index contributed by atoms with van der Waals surface area (Å²) in [4.78, 5) is -0.629. The summed E-state index contributed by atoms with van der Waals surface area (Å²) in [7, 11) is -4.55. The van der Waals surface area contributed by atoms with Crippen molar-refractivity contribution in [3.8, 4) is 28.3 Å². The Labute approximate surface area is 234 Å². The SMILES string of the molecule is Cc1ccc(OS(=O)(=O)c2cc(F)c(Br)c(F)c2)c(-c2cc(-c3ccccc3)n(CCN[C@@H]3CCNC3)n2)c1. The van der Waals surface area contributed by atoms with Crippen LogP contribution in [0.25, 0.3) is 22.5 Å². The van der Waals surface area contributed by atoms with Crippen LogP contribution in [-0.2, 0) is 16.7 Å². The lowest BCUT2D eigenvalue weighted by Gasteiger charge is -2.13. The molecule has 7 nitrogen and oxygen atoms in total. The lowest BCUT2D eigenvalue weighted by atomic mass is 10.1. The van der Waals surface area contributed by atoms with Crippen molar-refractivity contribution in [3.63, 3.8) is 0 Å². The van der Waals surface area contributed by atoms with Crippen LogP contribution in [0.1, 0.15) is 12.0 Å². The van der Waals surface area contributed by atoms with Crippen LogP contribution in [0.5, 0.6) is 5.75 Å². The number of hydrogen-bond donors (Lipinski definition) is 2. The van der Waals surface area contributed by atoms with Crippen molar-refractivity contribution in [1.29, 1.82) is 0 Å². The Bertz CT molecular complexity index is 1570. The third kappa shape index (κ3) is 6.22. The van der Waals surface area contributed by atoms with E-state index in [0.29, 0.717) is 42.5 Å². The van der Waals surface area contributed by atoms with E-state index in [2.05, 4.69) is 26.6 Å². The normalized spacial score (nSPS) is 15.5. The quantitative estimate of drug-likeness (QED) is 0.196. The minimum Gasteiger partial charge on any atom is -0.378 e. The molecule has 1 saturated heterocycles. The van der Waals surface area contributed by atoms with Crippen LogP contribution in [0.15, 0.2) is 76.1 Å². The molecule has 0 radical (unpaired) electrons. The maximum Gasteiger partial charge on any atom is 0.339 e. The van der Waals surface area contributed by atoms with Gasteiger partial charge in [-0.3, -0.25) is 4.68 Å². The van der Waals surface area contributed by atoms with E-state index in [1.54, 1.807) is 12.1 Å². The molecule has 1 aromatic heterocycles. The molecule has 0 bridgehead atoms. The summed E-state index contributed by atoms with van der Waals surface area (Å²) < 4.78 is 61.1. The summed E-state index contributed by atoms with van der Waals surface area (Å²) in [6.07, 6.45) is 1.07. The molecule has 5 rings (SSSR count). The number of benzene rings is 3. The number of aryl methyl sites for hydroxylation is 1. The number of nitrogens with one attached hydrogen (secondary N) is 2. The Morgan fingerprint density at radius 2 is 1.85 bits per heavy atom. The fourth-order valence-electron chi connectivity index (χ4n) is 4.52. The van der Waals surface area contributed by atoms with Crippen molar-refractivity contribution in [1.82, 2.24) is 20.4 Å². The van der Waals surface area contributed by atoms with Gasteiger partial charge in [-0.05, 0) is 71.7 Å². The van der Waals surface area contributed by atoms with Gasteiger partial charge >= 0.3 is 10.1 Å². The van der Waals surface area contributed by atoms with Crippen LogP contribution < -0.4 is 14.8 Å². The maximum absolute atomic E-state index is 14.1. The fraction of sp³-hybridized carbons (Fsp3) is 0.250. The van der Waals surface area contributed by atoms with Gasteiger partial charge in [0.15, 0.2) is 5.75 Å². The molecule has 1 atom stereocenters. The van der Waals surface area contributed by atoms with Gasteiger partial charge in [0.25, 0.3) is 0 Å². The Balaban J connectivity index is 1.50. The van der Waals surface area contributed by atoms with Crippen LogP contribution in [-0.4, -0.2) is 43.9 Å². The summed E-state index contributed by atoms with van der Waals surface area (Å²) in [5.74, 6) is -2.09. The summed E-state index contributed by atoms with van der Waals surface area (Å²) >= 11 is 2.76. The van der Waals surface area contributed by atoms with Crippen molar-refractivity contribution in [3.05, 3.63) is 88.4 Å². The third-order valence-corrected chi connectivity index (χ3v) is 8.49. The van der Waals surface area contributed by atoms with E-state index in [-0.39, 0.29) is 5.75 Å². The zero-order valence-corrected chi connectivity index (χ0v) is 23.5. The number of halogens is 3. The molecule has 2 N–H and O–H groups in total. The fourth-order valence-corrected chi connectivity index (χ4v) is 5.73. The smallest absolute Gasteiger partial charge is 0.339 e. The first-order valence-electron chi connectivity index (χ1n) is 12.5. The average molecular weight is 618 g/mol. The number of nitrogens with zero attached hydrogens (tertiary/aromatic N) is 2. The van der Waals surface area contributed by atoms with Crippen molar-refractivity contribution in [2.24, 2.45) is 0 Å². The lowest BCUT2D eigenvalue weighted by molar-refractivity contribution is 0.482. The van der Waals surface area contributed by atoms with Crippen LogP contribution in [0.3, 0.4) is 0 Å². The van der Waals surface area contributed by atoms with E-state index in [1.165, 1.54) is 6.07 Å². The van der Waals surface area contributed by atoms with Gasteiger partial charge in [-0.25, -0.2) is 8.78 Å². The highest BCUT2D eigenvalue weighted by molar-refractivity contribution is 9.10. The van der Waals surface area contributed by atoms with Gasteiger partial charge in [-0.15, -0.1) is 0 Å². The molecule has 3 aromatic carbocycles. The van der Waals surface area contributed by atoms with Gasteiger partial charge in [0.05, 0.1) is 22.4 Å². The molecule has 204 valence electrons. The lowest BCUT2D eigenvalue weighted by Crippen LogP contribution is -2.33. The van der Waals surface area contributed by atoms with E-state index < -0.39 is 31.1 Å². The van der Waals surface area contributed by atoms with Crippen molar-refractivity contribution < 1.29 is 21.4 Å². The van der Waals surface area contributed by atoms with Gasteiger partial charge in [0.1, 0.15) is 16.5 Å². The Morgan fingerprint density at radius 1 is 1.10 bits per heavy atom. The standard InChI is InChI=1S/C28H27BrF2N4O3S/c1-18-7-8-27(38-39(36,37)21-14-23(30)28(29)24(31)15-21)22(13-18)25-16-26(19-5-3-2-4-6-19)35(34-25)12-11-33-20-9-10-32-17-20/h2-8,13-16,20,32-33H,9-12,17H2,1H3/t20-/m1/s1. The first kappa shape index (κ1) is 27.4. The van der Waals surface area contributed by atoms with E-state index in [4.69, 9.17) is 9.28 Å². The van der Waals surface area contributed by atoms with Crippen LogP contribution >= 0.6 is 15.9 Å². The van der Waals surface area contributed by atoms with E-state index in [9.17, 15) is 17.2 Å². The molecular weight excluding hydrogens is 590 g/mol. The summed E-state index contributed by atoms with van der Waals surface area (Å²) in [6.45, 7) is 5.10. The molecule has 0 saturated carbocycles. The van der Waals surface area contributed by atoms with Crippen LogP contribution in [0, 0.1) is 18.6 Å². The van der Waals surface area contributed by atoms with Crippen LogP contribution in [0.2, 0.25) is 0 Å². The van der Waals surface area contributed by atoms with Crippen molar-refractivity contribution in [2.75, 3.05) is 19.6 Å². The minimum atomic E-state index is -4.55. The second-order valence-corrected chi connectivity index (χ2v) is 11.7. The zero-order valence-electron chi connectivity index (χ0n) is 21.1. The predicted octanol–water partition coefficient (Wildman–Crippen LogP) is 5.29. The molecule has 1 fully saturated rings. The van der Waals surface area contributed by atoms with Gasteiger partial charge < -0.3 is 14.8 Å². The van der Waals surface area contributed by atoms with Gasteiger partial charge in [0.2, 0.25) is 0 Å². The Morgan fingerprint density at radius 3 is 2.54 bits per heavy atom. The maximum atomic E-state index is 14.1. The predicted molar refractivity (Wildman–Crippen MR) is 149 cm³/mol. The number of aromatic nitrogens is 2. The second kappa shape index (κ2) is 11.5. The first-order valence-corrected chi connectivity index (χ1v) is 14.7. The molecular formula is C28H27BrF2N4O3S. The number of rotatable bonds is 9. The molecule has 0 amide bonds. The largest absolute Gasteiger partial charge is 0.378 e. The minimum absolute atomic E-state index is 0.00347. The second-order valence-electron chi connectivity index (χ2n) is 9.39. The highest BCUT2D eigenvalue weighted by Gasteiger charge is 2.24. The van der Waals surface area contributed by atoms with Crippen LogP contribution in [0.4, 0.5) is 8.78 Å². The highest BCUT2D eigenvalue weighted by atomic mass is 79.9. The number of hydrogen-bond acceptors (Lipinski definition) is 6. The first-order chi connectivity index (χ1) is 18.7. The zero-order chi connectivity index (χ0) is 27.6. The van der Waals surface area contributed by atoms with Crippen molar-refractivity contribution in [2.45, 2.75) is 30.8 Å². The van der Waals surface area contributed by atoms with Gasteiger partial charge in [-0.2, -0.15) is 13.5 Å². The Kier molecular flexibility index (Phi) is 8.13. The third-order valence-electron chi connectivity index (χ3n) is 6.52.